The monoisotopic (exact) mass is 157 g/mol. The number of aldehydes is 3. The Bertz CT molecular complexity index is 137. The minimum absolute atomic E-state index is 0.124. The minimum atomic E-state index is -0.370. The molecule has 0 aliphatic rings. The molecule has 0 heterocycles. The standard InChI is InChI=1S/C7H11NO3/c1-7(6-11)8(2-4-9)3-5-10/h4-7H,2-3H2,1H3. The molecule has 0 radical (unpaired) electrons. The smallest absolute Gasteiger partial charge is 0.136 e. The zero-order valence-electron chi connectivity index (χ0n) is 6.40. The Morgan fingerprint density at radius 3 is 1.91 bits per heavy atom. The first-order valence-electron chi connectivity index (χ1n) is 3.32. The lowest BCUT2D eigenvalue weighted by molar-refractivity contribution is -0.115. The van der Waals surface area contributed by atoms with Crippen LogP contribution < -0.4 is 0 Å². The van der Waals surface area contributed by atoms with E-state index in [0.717, 1.165) is 0 Å². The summed E-state index contributed by atoms with van der Waals surface area (Å²) in [5.41, 5.74) is 0. The van der Waals surface area contributed by atoms with Gasteiger partial charge in [-0.05, 0) is 6.92 Å². The maximum absolute atomic E-state index is 10.2. The second-order valence-electron chi connectivity index (χ2n) is 2.16. The van der Waals surface area contributed by atoms with Crippen LogP contribution in [0.2, 0.25) is 0 Å². The third-order valence-corrected chi connectivity index (χ3v) is 1.39. The molecule has 0 aliphatic carbocycles. The highest BCUT2D eigenvalue weighted by molar-refractivity contribution is 5.62. The van der Waals surface area contributed by atoms with Crippen molar-refractivity contribution >= 4 is 18.9 Å². The van der Waals surface area contributed by atoms with Gasteiger partial charge in [0.2, 0.25) is 0 Å². The molecule has 1 atom stereocenters. The molecule has 62 valence electrons. The van der Waals surface area contributed by atoms with Gasteiger partial charge in [0.15, 0.2) is 0 Å². The maximum atomic E-state index is 10.2. The van der Waals surface area contributed by atoms with Gasteiger partial charge in [-0.3, -0.25) is 4.90 Å². The summed E-state index contributed by atoms with van der Waals surface area (Å²) in [5.74, 6) is 0. The van der Waals surface area contributed by atoms with Gasteiger partial charge in [-0.2, -0.15) is 0 Å². The Morgan fingerprint density at radius 2 is 1.64 bits per heavy atom. The van der Waals surface area contributed by atoms with Crippen molar-refractivity contribution in [1.82, 2.24) is 4.90 Å². The van der Waals surface area contributed by atoms with Crippen LogP contribution in [0.4, 0.5) is 0 Å². The minimum Gasteiger partial charge on any atom is -0.302 e. The van der Waals surface area contributed by atoms with Crippen molar-refractivity contribution in [1.29, 1.82) is 0 Å². The molecule has 0 fully saturated rings. The van der Waals surface area contributed by atoms with Gasteiger partial charge < -0.3 is 14.4 Å². The highest BCUT2D eigenvalue weighted by Crippen LogP contribution is 1.91. The molecule has 0 aromatic carbocycles. The molecular formula is C7H11NO3. The highest BCUT2D eigenvalue weighted by Gasteiger charge is 2.10. The van der Waals surface area contributed by atoms with Crippen LogP contribution in [0.5, 0.6) is 0 Å². The quantitative estimate of drug-likeness (QED) is 0.477. The molecule has 0 aromatic rings. The highest BCUT2D eigenvalue weighted by atomic mass is 16.1. The first kappa shape index (κ1) is 9.97. The molecule has 0 amide bonds. The van der Waals surface area contributed by atoms with Crippen molar-refractivity contribution in [2.45, 2.75) is 13.0 Å². The van der Waals surface area contributed by atoms with Gasteiger partial charge in [0.25, 0.3) is 0 Å². The van der Waals surface area contributed by atoms with Crippen LogP contribution in [0, 0.1) is 0 Å². The van der Waals surface area contributed by atoms with Crippen molar-refractivity contribution in [3.63, 3.8) is 0 Å². The van der Waals surface area contributed by atoms with E-state index in [0.29, 0.717) is 18.9 Å². The van der Waals surface area contributed by atoms with Crippen LogP contribution in [-0.2, 0) is 14.4 Å². The van der Waals surface area contributed by atoms with Crippen LogP contribution in [0.3, 0.4) is 0 Å². The summed E-state index contributed by atoms with van der Waals surface area (Å²) < 4.78 is 0. The van der Waals surface area contributed by atoms with E-state index >= 15 is 0 Å². The average Bonchev–Trinajstić information content (AvgIpc) is 2.03. The van der Waals surface area contributed by atoms with E-state index in [1.807, 2.05) is 0 Å². The molecule has 0 saturated carbocycles. The Balaban J connectivity index is 3.94. The first-order valence-corrected chi connectivity index (χ1v) is 3.32. The molecule has 1 unspecified atom stereocenters. The zero-order chi connectivity index (χ0) is 8.69. The van der Waals surface area contributed by atoms with E-state index in [4.69, 9.17) is 0 Å². The average molecular weight is 157 g/mol. The number of nitrogens with zero attached hydrogens (tertiary/aromatic N) is 1. The molecule has 4 nitrogen and oxygen atoms in total. The fourth-order valence-electron chi connectivity index (χ4n) is 0.685. The number of hydrogen-bond acceptors (Lipinski definition) is 4. The van der Waals surface area contributed by atoms with Gasteiger partial charge in [-0.15, -0.1) is 0 Å². The van der Waals surface area contributed by atoms with Gasteiger partial charge in [0.1, 0.15) is 18.9 Å². The molecule has 11 heavy (non-hydrogen) atoms. The number of carbonyl (C=O) groups is 3. The Labute approximate surface area is 65.2 Å². The predicted octanol–water partition coefficient (Wildman–Crippen LogP) is -0.726. The summed E-state index contributed by atoms with van der Waals surface area (Å²) in [4.78, 5) is 31.8. The van der Waals surface area contributed by atoms with E-state index < -0.39 is 0 Å². The van der Waals surface area contributed by atoms with Crippen LogP contribution >= 0.6 is 0 Å². The molecule has 0 aromatic heterocycles. The Hall–Kier alpha value is -1.03. The lowest BCUT2D eigenvalue weighted by atomic mass is 10.3. The summed E-state index contributed by atoms with van der Waals surface area (Å²) in [6.07, 6.45) is 2.04. The molecule has 0 rings (SSSR count). The Morgan fingerprint density at radius 1 is 1.18 bits per heavy atom. The fraction of sp³-hybridized carbons (Fsp3) is 0.571. The van der Waals surface area contributed by atoms with Gasteiger partial charge in [0.05, 0.1) is 19.1 Å². The van der Waals surface area contributed by atoms with Crippen LogP contribution in [0.1, 0.15) is 6.92 Å². The van der Waals surface area contributed by atoms with Crippen LogP contribution in [0.15, 0.2) is 0 Å². The van der Waals surface area contributed by atoms with Crippen LogP contribution in [-0.4, -0.2) is 42.9 Å². The lowest BCUT2D eigenvalue weighted by Crippen LogP contribution is -2.36. The van der Waals surface area contributed by atoms with Crippen molar-refractivity contribution in [3.8, 4) is 0 Å². The zero-order valence-corrected chi connectivity index (χ0v) is 6.40. The summed E-state index contributed by atoms with van der Waals surface area (Å²) in [5, 5.41) is 0. The number of rotatable bonds is 6. The van der Waals surface area contributed by atoms with Crippen LogP contribution in [0.25, 0.3) is 0 Å². The lowest BCUT2D eigenvalue weighted by Gasteiger charge is -2.19. The van der Waals surface area contributed by atoms with Crippen molar-refractivity contribution < 1.29 is 14.4 Å². The molecular weight excluding hydrogens is 146 g/mol. The largest absolute Gasteiger partial charge is 0.302 e. The van der Waals surface area contributed by atoms with Crippen molar-refractivity contribution in [2.75, 3.05) is 13.1 Å². The fourth-order valence-corrected chi connectivity index (χ4v) is 0.685. The first-order chi connectivity index (χ1) is 5.26. The second kappa shape index (κ2) is 5.73. The molecule has 0 saturated heterocycles. The number of hydrogen-bond donors (Lipinski definition) is 0. The van der Waals surface area contributed by atoms with Crippen molar-refractivity contribution in [3.05, 3.63) is 0 Å². The van der Waals surface area contributed by atoms with E-state index in [1.54, 1.807) is 6.92 Å². The van der Waals surface area contributed by atoms with Crippen molar-refractivity contribution in [2.24, 2.45) is 0 Å². The molecule has 0 bridgehead atoms. The normalized spacial score (nSPS) is 12.5. The van der Waals surface area contributed by atoms with E-state index in [2.05, 4.69) is 0 Å². The van der Waals surface area contributed by atoms with E-state index in [-0.39, 0.29) is 19.1 Å². The van der Waals surface area contributed by atoms with E-state index in [9.17, 15) is 14.4 Å². The summed E-state index contributed by atoms with van der Waals surface area (Å²) in [7, 11) is 0. The summed E-state index contributed by atoms with van der Waals surface area (Å²) in [6, 6.07) is -0.370. The third kappa shape index (κ3) is 3.62. The topological polar surface area (TPSA) is 54.5 Å². The predicted molar refractivity (Wildman–Crippen MR) is 39.2 cm³/mol. The third-order valence-electron chi connectivity index (χ3n) is 1.39. The van der Waals surface area contributed by atoms with E-state index in [1.165, 1.54) is 4.90 Å². The Kier molecular flexibility index (Phi) is 5.20. The second-order valence-corrected chi connectivity index (χ2v) is 2.16. The summed E-state index contributed by atoms with van der Waals surface area (Å²) >= 11 is 0. The summed E-state index contributed by atoms with van der Waals surface area (Å²) in [6.45, 7) is 1.89. The molecule has 4 heteroatoms. The van der Waals surface area contributed by atoms with Gasteiger partial charge >= 0.3 is 0 Å². The molecule has 0 aliphatic heterocycles. The SMILES string of the molecule is CC(C=O)N(CC=O)CC=O. The molecule has 0 spiro atoms. The number of carbonyl (C=O) groups excluding carboxylic acids is 3. The molecule has 0 N–H and O–H groups in total. The van der Waals surface area contributed by atoms with Gasteiger partial charge in [-0.25, -0.2) is 0 Å². The van der Waals surface area contributed by atoms with Gasteiger partial charge in [-0.1, -0.05) is 0 Å². The van der Waals surface area contributed by atoms with Gasteiger partial charge in [0, 0.05) is 0 Å². The maximum Gasteiger partial charge on any atom is 0.136 e.